The standard InChI is InChI=1S/C22H18BrN3O2S/c1-26(19-5-3-2-4-6-19)21(28)16-9-13-18(14-10-16)24-22(29)25-20(27)15-7-11-17(23)12-8-15/h2-14H,1H3,(H2,24,25,27,29). The molecule has 0 aliphatic carbocycles. The average molecular weight is 468 g/mol. The van der Waals surface area contributed by atoms with Gasteiger partial charge in [-0.3, -0.25) is 14.9 Å². The second-order valence-corrected chi connectivity index (χ2v) is 7.52. The zero-order valence-electron chi connectivity index (χ0n) is 15.6. The molecule has 0 aliphatic rings. The summed E-state index contributed by atoms with van der Waals surface area (Å²) in [7, 11) is 1.73. The smallest absolute Gasteiger partial charge is 0.258 e. The van der Waals surface area contributed by atoms with Crippen molar-refractivity contribution in [2.24, 2.45) is 0 Å². The molecule has 0 fully saturated rings. The fraction of sp³-hybridized carbons (Fsp3) is 0.0455. The lowest BCUT2D eigenvalue weighted by molar-refractivity contribution is 0.0974. The largest absolute Gasteiger partial charge is 0.332 e. The molecule has 2 amide bonds. The summed E-state index contributed by atoms with van der Waals surface area (Å²) in [5.41, 5.74) is 2.54. The van der Waals surface area contributed by atoms with Crippen LogP contribution >= 0.6 is 28.1 Å². The van der Waals surface area contributed by atoms with Gasteiger partial charge in [0, 0.05) is 34.0 Å². The van der Waals surface area contributed by atoms with E-state index in [9.17, 15) is 9.59 Å². The van der Waals surface area contributed by atoms with Crippen LogP contribution in [-0.4, -0.2) is 24.0 Å². The van der Waals surface area contributed by atoms with E-state index >= 15 is 0 Å². The van der Waals surface area contributed by atoms with Crippen LogP contribution in [0.3, 0.4) is 0 Å². The number of amides is 2. The molecule has 0 bridgehead atoms. The van der Waals surface area contributed by atoms with Gasteiger partial charge in [-0.1, -0.05) is 34.1 Å². The Balaban J connectivity index is 1.60. The Morgan fingerprint density at radius 3 is 2.07 bits per heavy atom. The van der Waals surface area contributed by atoms with Gasteiger partial charge in [0.1, 0.15) is 0 Å². The Labute approximate surface area is 182 Å². The van der Waals surface area contributed by atoms with Crippen molar-refractivity contribution in [3.8, 4) is 0 Å². The second-order valence-electron chi connectivity index (χ2n) is 6.19. The first-order valence-electron chi connectivity index (χ1n) is 8.75. The van der Waals surface area contributed by atoms with Crippen LogP contribution in [0.5, 0.6) is 0 Å². The quantitative estimate of drug-likeness (QED) is 0.538. The number of hydrogen-bond acceptors (Lipinski definition) is 3. The monoisotopic (exact) mass is 467 g/mol. The predicted molar refractivity (Wildman–Crippen MR) is 123 cm³/mol. The van der Waals surface area contributed by atoms with Gasteiger partial charge >= 0.3 is 0 Å². The van der Waals surface area contributed by atoms with Crippen LogP contribution in [-0.2, 0) is 0 Å². The van der Waals surface area contributed by atoms with Gasteiger partial charge in [0.15, 0.2) is 5.11 Å². The molecule has 0 radical (unpaired) electrons. The minimum atomic E-state index is -0.300. The zero-order chi connectivity index (χ0) is 20.8. The maximum atomic E-state index is 12.6. The molecule has 3 rings (SSSR count). The molecule has 3 aromatic rings. The molecule has 0 atom stereocenters. The van der Waals surface area contributed by atoms with Gasteiger partial charge in [0.05, 0.1) is 0 Å². The summed E-state index contributed by atoms with van der Waals surface area (Å²) in [6.45, 7) is 0. The molecule has 7 heteroatoms. The third kappa shape index (κ3) is 5.49. The summed E-state index contributed by atoms with van der Waals surface area (Å²) in [4.78, 5) is 26.4. The molecular weight excluding hydrogens is 450 g/mol. The average Bonchev–Trinajstić information content (AvgIpc) is 2.74. The van der Waals surface area contributed by atoms with Crippen molar-refractivity contribution >= 4 is 56.4 Å². The number of thiocarbonyl (C=S) groups is 1. The van der Waals surface area contributed by atoms with Crippen molar-refractivity contribution in [3.63, 3.8) is 0 Å². The van der Waals surface area contributed by atoms with Crippen molar-refractivity contribution < 1.29 is 9.59 Å². The van der Waals surface area contributed by atoms with Crippen LogP contribution in [0.1, 0.15) is 20.7 Å². The highest BCUT2D eigenvalue weighted by Gasteiger charge is 2.13. The van der Waals surface area contributed by atoms with Crippen molar-refractivity contribution in [2.75, 3.05) is 17.3 Å². The van der Waals surface area contributed by atoms with Gasteiger partial charge in [-0.15, -0.1) is 0 Å². The molecular formula is C22H18BrN3O2S. The van der Waals surface area contributed by atoms with Crippen molar-refractivity contribution in [3.05, 3.63) is 94.5 Å². The van der Waals surface area contributed by atoms with Crippen molar-refractivity contribution in [1.29, 1.82) is 0 Å². The Morgan fingerprint density at radius 2 is 1.45 bits per heavy atom. The molecule has 5 nitrogen and oxygen atoms in total. The van der Waals surface area contributed by atoms with Crippen LogP contribution in [0.15, 0.2) is 83.3 Å². The van der Waals surface area contributed by atoms with Crippen LogP contribution in [0.2, 0.25) is 0 Å². The van der Waals surface area contributed by atoms with Gasteiger partial charge in [0.25, 0.3) is 11.8 Å². The highest BCUT2D eigenvalue weighted by molar-refractivity contribution is 9.10. The predicted octanol–water partition coefficient (Wildman–Crippen LogP) is 4.85. The Hall–Kier alpha value is -3.03. The molecule has 146 valence electrons. The minimum Gasteiger partial charge on any atom is -0.332 e. The van der Waals surface area contributed by atoms with Crippen LogP contribution in [0.25, 0.3) is 0 Å². The van der Waals surface area contributed by atoms with E-state index in [1.54, 1.807) is 60.5 Å². The maximum Gasteiger partial charge on any atom is 0.258 e. The molecule has 0 aromatic heterocycles. The van der Waals surface area contributed by atoms with E-state index in [1.165, 1.54) is 0 Å². The van der Waals surface area contributed by atoms with Gasteiger partial charge in [-0.2, -0.15) is 0 Å². The number of carbonyl (C=O) groups excluding carboxylic acids is 2. The van der Waals surface area contributed by atoms with E-state index < -0.39 is 0 Å². The van der Waals surface area contributed by atoms with Gasteiger partial charge in [-0.05, 0) is 72.9 Å². The molecule has 0 saturated carbocycles. The lowest BCUT2D eigenvalue weighted by atomic mass is 10.1. The molecule has 0 unspecified atom stereocenters. The molecule has 3 aromatic carbocycles. The van der Waals surface area contributed by atoms with Gasteiger partial charge in [-0.25, -0.2) is 0 Å². The lowest BCUT2D eigenvalue weighted by Gasteiger charge is -2.17. The lowest BCUT2D eigenvalue weighted by Crippen LogP contribution is -2.34. The molecule has 0 heterocycles. The summed E-state index contributed by atoms with van der Waals surface area (Å²) in [6, 6.07) is 23.3. The fourth-order valence-corrected chi connectivity index (χ4v) is 3.07. The first-order valence-corrected chi connectivity index (χ1v) is 9.95. The molecule has 0 spiro atoms. The molecule has 2 N–H and O–H groups in total. The van der Waals surface area contributed by atoms with Crippen LogP contribution < -0.4 is 15.5 Å². The third-order valence-corrected chi connectivity index (χ3v) is 4.90. The molecule has 0 saturated heterocycles. The number of nitrogens with one attached hydrogen (secondary N) is 2. The first-order chi connectivity index (χ1) is 13.9. The normalized spacial score (nSPS) is 10.1. The molecule has 0 aliphatic heterocycles. The Morgan fingerprint density at radius 1 is 0.862 bits per heavy atom. The minimum absolute atomic E-state index is 0.117. The summed E-state index contributed by atoms with van der Waals surface area (Å²) in [5, 5.41) is 5.76. The Kier molecular flexibility index (Phi) is 6.74. The Bertz CT molecular complexity index is 1020. The fourth-order valence-electron chi connectivity index (χ4n) is 2.60. The van der Waals surface area contributed by atoms with Crippen LogP contribution in [0, 0.1) is 0 Å². The molecule has 29 heavy (non-hydrogen) atoms. The highest BCUT2D eigenvalue weighted by Crippen LogP contribution is 2.17. The SMILES string of the molecule is CN(C(=O)c1ccc(NC(=S)NC(=O)c2ccc(Br)cc2)cc1)c1ccccc1. The van der Waals surface area contributed by atoms with E-state index in [0.717, 1.165) is 10.2 Å². The van der Waals surface area contributed by atoms with E-state index in [0.29, 0.717) is 16.8 Å². The number of benzene rings is 3. The van der Waals surface area contributed by atoms with Crippen LogP contribution in [0.4, 0.5) is 11.4 Å². The van der Waals surface area contributed by atoms with E-state index in [4.69, 9.17) is 12.2 Å². The third-order valence-electron chi connectivity index (χ3n) is 4.17. The number of nitrogens with zero attached hydrogens (tertiary/aromatic N) is 1. The van der Waals surface area contributed by atoms with E-state index in [2.05, 4.69) is 26.6 Å². The van der Waals surface area contributed by atoms with Crippen molar-refractivity contribution in [1.82, 2.24) is 5.32 Å². The summed E-state index contributed by atoms with van der Waals surface area (Å²) < 4.78 is 0.891. The number of para-hydroxylation sites is 1. The van der Waals surface area contributed by atoms with Crippen molar-refractivity contribution in [2.45, 2.75) is 0 Å². The number of rotatable bonds is 4. The number of anilines is 2. The number of hydrogen-bond donors (Lipinski definition) is 2. The van der Waals surface area contributed by atoms with E-state index in [1.807, 2.05) is 30.3 Å². The van der Waals surface area contributed by atoms with E-state index in [-0.39, 0.29) is 16.9 Å². The zero-order valence-corrected chi connectivity index (χ0v) is 18.0. The van der Waals surface area contributed by atoms with Gasteiger partial charge in [0.2, 0.25) is 0 Å². The summed E-state index contributed by atoms with van der Waals surface area (Å²) >= 11 is 8.53. The maximum absolute atomic E-state index is 12.6. The number of carbonyl (C=O) groups is 2. The summed E-state index contributed by atoms with van der Waals surface area (Å²) in [5.74, 6) is -0.417. The first kappa shape index (κ1) is 20.7. The second kappa shape index (κ2) is 9.45. The summed E-state index contributed by atoms with van der Waals surface area (Å²) in [6.07, 6.45) is 0. The topological polar surface area (TPSA) is 61.4 Å². The number of halogens is 1. The highest BCUT2D eigenvalue weighted by atomic mass is 79.9. The van der Waals surface area contributed by atoms with Gasteiger partial charge < -0.3 is 10.2 Å².